The summed E-state index contributed by atoms with van der Waals surface area (Å²) in [5, 5.41) is 0. The second-order valence-corrected chi connectivity index (χ2v) is 3.84. The highest BCUT2D eigenvalue weighted by molar-refractivity contribution is 5.87. The van der Waals surface area contributed by atoms with E-state index in [0.29, 0.717) is 11.3 Å². The van der Waals surface area contributed by atoms with E-state index in [1.54, 1.807) is 6.92 Å². The van der Waals surface area contributed by atoms with Crippen LogP contribution >= 0.6 is 0 Å². The molecule has 0 aliphatic heterocycles. The maximum atomic E-state index is 11.0. The van der Waals surface area contributed by atoms with Gasteiger partial charge in [-0.05, 0) is 6.92 Å². The zero-order valence-electron chi connectivity index (χ0n) is 8.23. The van der Waals surface area contributed by atoms with E-state index in [1.807, 2.05) is 20.8 Å². The van der Waals surface area contributed by atoms with Crippen LogP contribution in [0.15, 0.2) is 24.5 Å². The Morgan fingerprint density at radius 1 is 1.25 bits per heavy atom. The summed E-state index contributed by atoms with van der Waals surface area (Å²) in [5.74, 6) is 0.0606. The van der Waals surface area contributed by atoms with Crippen molar-refractivity contribution in [2.45, 2.75) is 27.7 Å². The van der Waals surface area contributed by atoms with E-state index in [1.165, 1.54) is 0 Å². The number of esters is 1. The van der Waals surface area contributed by atoms with Gasteiger partial charge in [0.15, 0.2) is 0 Å². The van der Waals surface area contributed by atoms with Gasteiger partial charge in [0, 0.05) is 11.0 Å². The molecule has 12 heavy (non-hydrogen) atoms. The summed E-state index contributed by atoms with van der Waals surface area (Å²) in [6.45, 7) is 14.5. The lowest BCUT2D eigenvalue weighted by Gasteiger charge is -2.20. The van der Waals surface area contributed by atoms with Crippen LogP contribution in [0.4, 0.5) is 0 Å². The Hall–Kier alpha value is -1.05. The molecule has 68 valence electrons. The highest BCUT2D eigenvalue weighted by Crippen LogP contribution is 2.24. The van der Waals surface area contributed by atoms with Crippen LogP contribution in [0.3, 0.4) is 0 Å². The minimum Gasteiger partial charge on any atom is -0.428 e. The summed E-state index contributed by atoms with van der Waals surface area (Å²) >= 11 is 0. The summed E-state index contributed by atoms with van der Waals surface area (Å²) in [6, 6.07) is 0. The van der Waals surface area contributed by atoms with Crippen molar-refractivity contribution in [2.24, 2.45) is 5.41 Å². The van der Waals surface area contributed by atoms with Gasteiger partial charge in [-0.1, -0.05) is 33.9 Å². The molecule has 0 aliphatic rings. The second-order valence-electron chi connectivity index (χ2n) is 3.84. The third-order valence-electron chi connectivity index (χ3n) is 1.40. The molecular weight excluding hydrogens is 152 g/mol. The zero-order chi connectivity index (χ0) is 9.94. The molecule has 0 aromatic rings. The SMILES string of the molecule is C=C(C)C(=O)OC(=C)C(C)(C)C. The number of carbonyl (C=O) groups excluding carboxylic acids is 1. The number of hydrogen-bond acceptors (Lipinski definition) is 2. The molecule has 0 fully saturated rings. The lowest BCUT2D eigenvalue weighted by molar-refractivity contribution is -0.136. The van der Waals surface area contributed by atoms with Crippen LogP contribution in [-0.2, 0) is 9.53 Å². The lowest BCUT2D eigenvalue weighted by atomic mass is 9.95. The molecule has 0 amide bonds. The Morgan fingerprint density at radius 3 is 1.92 bits per heavy atom. The van der Waals surface area contributed by atoms with Crippen molar-refractivity contribution in [3.8, 4) is 0 Å². The first kappa shape index (κ1) is 11.0. The molecule has 0 unspecified atom stereocenters. The van der Waals surface area contributed by atoms with Crippen LogP contribution in [0.25, 0.3) is 0 Å². The van der Waals surface area contributed by atoms with E-state index in [-0.39, 0.29) is 5.41 Å². The van der Waals surface area contributed by atoms with Gasteiger partial charge in [-0.15, -0.1) is 0 Å². The van der Waals surface area contributed by atoms with Crippen molar-refractivity contribution in [3.63, 3.8) is 0 Å². The Labute approximate surface area is 73.9 Å². The summed E-state index contributed by atoms with van der Waals surface area (Å²) in [4.78, 5) is 11.0. The van der Waals surface area contributed by atoms with E-state index < -0.39 is 5.97 Å². The van der Waals surface area contributed by atoms with Crippen LogP contribution in [0, 0.1) is 5.41 Å². The maximum absolute atomic E-state index is 11.0. The van der Waals surface area contributed by atoms with Gasteiger partial charge in [0.25, 0.3) is 0 Å². The van der Waals surface area contributed by atoms with Crippen molar-refractivity contribution < 1.29 is 9.53 Å². The topological polar surface area (TPSA) is 26.3 Å². The average molecular weight is 168 g/mol. The second kappa shape index (κ2) is 3.57. The Balaban J connectivity index is 4.21. The molecule has 0 aromatic heterocycles. The molecule has 0 spiro atoms. The molecule has 2 heteroatoms. The molecule has 0 saturated heterocycles. The highest BCUT2D eigenvalue weighted by Gasteiger charge is 2.19. The molecule has 0 aliphatic carbocycles. The highest BCUT2D eigenvalue weighted by atomic mass is 16.5. The molecule has 0 aromatic carbocycles. The van der Waals surface area contributed by atoms with Crippen molar-refractivity contribution in [2.75, 3.05) is 0 Å². The number of carbonyl (C=O) groups is 1. The van der Waals surface area contributed by atoms with E-state index in [4.69, 9.17) is 4.74 Å². The molecule has 0 radical (unpaired) electrons. The third-order valence-corrected chi connectivity index (χ3v) is 1.40. The maximum Gasteiger partial charge on any atom is 0.338 e. The van der Waals surface area contributed by atoms with Crippen LogP contribution in [-0.4, -0.2) is 5.97 Å². The summed E-state index contributed by atoms with van der Waals surface area (Å²) < 4.78 is 4.94. The molecule has 0 atom stereocenters. The molecule has 0 rings (SSSR count). The minimum atomic E-state index is -0.407. The van der Waals surface area contributed by atoms with Crippen molar-refractivity contribution in [1.82, 2.24) is 0 Å². The van der Waals surface area contributed by atoms with Gasteiger partial charge in [-0.25, -0.2) is 4.79 Å². The predicted octanol–water partition coefficient (Wildman–Crippen LogP) is 2.67. The Bertz CT molecular complexity index is 218. The molecule has 0 saturated carbocycles. The molecular formula is C10H16O2. The average Bonchev–Trinajstić information content (AvgIpc) is 1.85. The number of hydrogen-bond donors (Lipinski definition) is 0. The van der Waals surface area contributed by atoms with Crippen molar-refractivity contribution >= 4 is 5.97 Å². The standard InChI is InChI=1S/C10H16O2/c1-7(2)9(11)12-8(3)10(4,5)6/h1,3H2,2,4-6H3. The van der Waals surface area contributed by atoms with Crippen LogP contribution in [0.5, 0.6) is 0 Å². The monoisotopic (exact) mass is 168 g/mol. The lowest BCUT2D eigenvalue weighted by Crippen LogP contribution is -2.15. The molecule has 0 bridgehead atoms. The van der Waals surface area contributed by atoms with Crippen LogP contribution in [0.2, 0.25) is 0 Å². The first-order valence-corrected chi connectivity index (χ1v) is 3.82. The smallest absolute Gasteiger partial charge is 0.338 e. The predicted molar refractivity (Wildman–Crippen MR) is 49.5 cm³/mol. The minimum absolute atomic E-state index is 0.203. The van der Waals surface area contributed by atoms with E-state index in [9.17, 15) is 4.79 Å². The Morgan fingerprint density at radius 2 is 1.67 bits per heavy atom. The van der Waals surface area contributed by atoms with Gasteiger partial charge < -0.3 is 4.74 Å². The van der Waals surface area contributed by atoms with Crippen molar-refractivity contribution in [1.29, 1.82) is 0 Å². The molecule has 0 N–H and O–H groups in total. The quantitative estimate of drug-likeness (QED) is 0.360. The van der Waals surface area contributed by atoms with Gasteiger partial charge in [0.05, 0.1) is 0 Å². The van der Waals surface area contributed by atoms with Gasteiger partial charge in [-0.2, -0.15) is 0 Å². The van der Waals surface area contributed by atoms with Gasteiger partial charge in [0.1, 0.15) is 5.76 Å². The van der Waals surface area contributed by atoms with Crippen molar-refractivity contribution in [3.05, 3.63) is 24.5 Å². The van der Waals surface area contributed by atoms with E-state index in [2.05, 4.69) is 13.2 Å². The normalized spacial score (nSPS) is 10.7. The summed E-state index contributed by atoms with van der Waals surface area (Å²) in [6.07, 6.45) is 0. The molecule has 2 nitrogen and oxygen atoms in total. The van der Waals surface area contributed by atoms with E-state index in [0.717, 1.165) is 0 Å². The fourth-order valence-electron chi connectivity index (χ4n) is 0.352. The van der Waals surface area contributed by atoms with Gasteiger partial charge in [0.2, 0.25) is 0 Å². The van der Waals surface area contributed by atoms with Crippen LogP contribution < -0.4 is 0 Å². The number of allylic oxidation sites excluding steroid dienone is 1. The van der Waals surface area contributed by atoms with Gasteiger partial charge >= 0.3 is 5.97 Å². The summed E-state index contributed by atoms with van der Waals surface area (Å²) in [5.41, 5.74) is 0.186. The summed E-state index contributed by atoms with van der Waals surface area (Å²) in [7, 11) is 0. The first-order chi connectivity index (χ1) is 5.25. The Kier molecular flexibility index (Phi) is 3.25. The fourth-order valence-corrected chi connectivity index (χ4v) is 0.352. The third kappa shape index (κ3) is 3.37. The van der Waals surface area contributed by atoms with Crippen LogP contribution in [0.1, 0.15) is 27.7 Å². The largest absolute Gasteiger partial charge is 0.428 e. The van der Waals surface area contributed by atoms with Gasteiger partial charge in [-0.3, -0.25) is 0 Å². The van der Waals surface area contributed by atoms with E-state index >= 15 is 0 Å². The first-order valence-electron chi connectivity index (χ1n) is 3.82. The number of rotatable bonds is 2. The molecule has 0 heterocycles. The fraction of sp³-hybridized carbons (Fsp3) is 0.500. The number of ether oxygens (including phenoxy) is 1. The zero-order valence-corrected chi connectivity index (χ0v) is 8.23.